The Morgan fingerprint density at radius 2 is 2.00 bits per heavy atom. The van der Waals surface area contributed by atoms with Crippen LogP contribution in [0, 0.1) is 0 Å². The molecule has 0 bridgehead atoms. The normalized spacial score (nSPS) is 14.0. The summed E-state index contributed by atoms with van der Waals surface area (Å²) in [6, 6.07) is 17.9. The minimum absolute atomic E-state index is 0.0767. The monoisotopic (exact) mass is 465 g/mol. The number of H-pyrrole nitrogens is 1. The lowest BCUT2D eigenvalue weighted by molar-refractivity contribution is 0.0773. The number of carbonyl (C=O) groups excluding carboxylic acids is 1. The van der Waals surface area contributed by atoms with Crippen molar-refractivity contribution < 1.29 is 4.79 Å². The Morgan fingerprint density at radius 3 is 2.82 bits per heavy atom. The molecule has 5 aromatic rings. The van der Waals surface area contributed by atoms with Crippen molar-refractivity contribution in [1.29, 1.82) is 0 Å². The molecule has 34 heavy (non-hydrogen) atoms. The molecule has 0 fully saturated rings. The summed E-state index contributed by atoms with van der Waals surface area (Å²) in [5.74, 6) is 0.866. The van der Waals surface area contributed by atoms with E-state index in [0.717, 1.165) is 45.0 Å². The molecule has 4 aromatic heterocycles. The molecular weight excluding hydrogens is 442 g/mol. The van der Waals surface area contributed by atoms with Crippen LogP contribution in [0.3, 0.4) is 0 Å². The number of benzene rings is 1. The number of thioether (sulfide) groups is 1. The maximum atomic E-state index is 13.1. The van der Waals surface area contributed by atoms with E-state index in [2.05, 4.69) is 33.3 Å². The van der Waals surface area contributed by atoms with Gasteiger partial charge in [0.25, 0.3) is 5.91 Å². The van der Waals surface area contributed by atoms with Gasteiger partial charge in [0.05, 0.1) is 5.69 Å². The van der Waals surface area contributed by atoms with Crippen LogP contribution in [0.25, 0.3) is 22.3 Å². The van der Waals surface area contributed by atoms with Crippen LogP contribution in [-0.4, -0.2) is 43.2 Å². The molecule has 0 unspecified atom stereocenters. The Bertz CT molecular complexity index is 1480. The van der Waals surface area contributed by atoms with Crippen LogP contribution < -0.4 is 0 Å². The molecule has 0 radical (unpaired) electrons. The van der Waals surface area contributed by atoms with E-state index in [9.17, 15) is 4.79 Å². The Hall–Kier alpha value is -3.84. The number of carbonyl (C=O) groups is 1. The second-order valence-corrected chi connectivity index (χ2v) is 9.39. The van der Waals surface area contributed by atoms with Gasteiger partial charge in [0.15, 0.2) is 0 Å². The number of fused-ring (bicyclic) bond motifs is 2. The number of hydrogen-bond donors (Lipinski definition) is 1. The van der Waals surface area contributed by atoms with Crippen molar-refractivity contribution in [3.8, 4) is 0 Å². The highest BCUT2D eigenvalue weighted by Gasteiger charge is 2.20. The fourth-order valence-corrected chi connectivity index (χ4v) is 5.19. The van der Waals surface area contributed by atoms with E-state index in [1.807, 2.05) is 70.2 Å². The Balaban J connectivity index is 1.09. The maximum Gasteiger partial charge on any atom is 0.254 e. The molecule has 0 aliphatic carbocycles. The van der Waals surface area contributed by atoms with Crippen molar-refractivity contribution in [2.24, 2.45) is 0 Å². The lowest BCUT2D eigenvalue weighted by Crippen LogP contribution is -2.34. The largest absolute Gasteiger partial charge is 0.346 e. The van der Waals surface area contributed by atoms with Crippen LogP contribution in [0.2, 0.25) is 0 Å². The second kappa shape index (κ2) is 8.83. The lowest BCUT2D eigenvalue weighted by atomic mass is 9.99. The number of amides is 1. The first-order valence-electron chi connectivity index (χ1n) is 11.3. The first-order valence-corrected chi connectivity index (χ1v) is 12.3. The highest BCUT2D eigenvalue weighted by Crippen LogP contribution is 2.29. The SMILES string of the molecule is O=C(c1ccc(SCc2cn3ccccc3n2)cc1)N1CC=C(c2c[nH]c3ncccc23)CC1. The number of nitrogens with one attached hydrogen (secondary N) is 1. The molecule has 6 nitrogen and oxygen atoms in total. The molecular formula is C27H23N5OS. The number of imidazole rings is 1. The van der Waals surface area contributed by atoms with E-state index in [4.69, 9.17) is 0 Å². The van der Waals surface area contributed by atoms with Crippen molar-refractivity contribution in [2.75, 3.05) is 13.1 Å². The summed E-state index contributed by atoms with van der Waals surface area (Å²) in [6.45, 7) is 1.33. The van der Waals surface area contributed by atoms with E-state index in [1.165, 1.54) is 11.1 Å². The Kier molecular flexibility index (Phi) is 5.39. The highest BCUT2D eigenvalue weighted by atomic mass is 32.2. The van der Waals surface area contributed by atoms with Crippen LogP contribution in [0.4, 0.5) is 0 Å². The van der Waals surface area contributed by atoms with Crippen LogP contribution >= 0.6 is 11.8 Å². The first-order chi connectivity index (χ1) is 16.7. The van der Waals surface area contributed by atoms with E-state index in [0.29, 0.717) is 13.1 Å². The van der Waals surface area contributed by atoms with E-state index in [-0.39, 0.29) is 5.91 Å². The summed E-state index contributed by atoms with van der Waals surface area (Å²) in [5, 5.41) is 1.13. The van der Waals surface area contributed by atoms with Gasteiger partial charge in [-0.2, -0.15) is 0 Å². The first kappa shape index (κ1) is 20.7. The highest BCUT2D eigenvalue weighted by molar-refractivity contribution is 7.98. The average molecular weight is 466 g/mol. The zero-order valence-electron chi connectivity index (χ0n) is 18.5. The zero-order valence-corrected chi connectivity index (χ0v) is 19.3. The number of hydrogen-bond acceptors (Lipinski definition) is 4. The number of pyridine rings is 2. The van der Waals surface area contributed by atoms with Gasteiger partial charge in [-0.1, -0.05) is 12.1 Å². The molecule has 7 heteroatoms. The third-order valence-electron chi connectivity index (χ3n) is 6.20. The van der Waals surface area contributed by atoms with Crippen LogP contribution in [0.15, 0.2) is 90.4 Å². The average Bonchev–Trinajstić information content (AvgIpc) is 3.51. The van der Waals surface area contributed by atoms with E-state index >= 15 is 0 Å². The topological polar surface area (TPSA) is 66.3 Å². The predicted molar refractivity (Wildman–Crippen MR) is 136 cm³/mol. The lowest BCUT2D eigenvalue weighted by Gasteiger charge is -2.26. The van der Waals surface area contributed by atoms with Gasteiger partial charge in [0.1, 0.15) is 11.3 Å². The molecule has 0 saturated heterocycles. The molecule has 1 aromatic carbocycles. The quantitative estimate of drug-likeness (QED) is 0.351. The van der Waals surface area contributed by atoms with E-state index < -0.39 is 0 Å². The van der Waals surface area contributed by atoms with Gasteiger partial charge in [0, 0.05) is 65.0 Å². The van der Waals surface area contributed by atoms with Gasteiger partial charge in [-0.15, -0.1) is 11.8 Å². The molecule has 1 aliphatic heterocycles. The molecule has 1 amide bonds. The summed E-state index contributed by atoms with van der Waals surface area (Å²) in [6.07, 6.45) is 10.9. The fraction of sp³-hybridized carbons (Fsp3) is 0.148. The van der Waals surface area contributed by atoms with E-state index in [1.54, 1.807) is 18.0 Å². The van der Waals surface area contributed by atoms with Crippen LogP contribution in [0.5, 0.6) is 0 Å². The molecule has 0 spiro atoms. The van der Waals surface area contributed by atoms with Gasteiger partial charge in [-0.25, -0.2) is 9.97 Å². The third-order valence-corrected chi connectivity index (χ3v) is 7.24. The van der Waals surface area contributed by atoms with Gasteiger partial charge in [-0.05, 0) is 60.5 Å². The number of aromatic nitrogens is 4. The Labute approximate surface area is 201 Å². The van der Waals surface area contributed by atoms with Gasteiger partial charge >= 0.3 is 0 Å². The fourth-order valence-electron chi connectivity index (χ4n) is 4.41. The van der Waals surface area contributed by atoms with Gasteiger partial charge < -0.3 is 14.3 Å². The minimum Gasteiger partial charge on any atom is -0.346 e. The summed E-state index contributed by atoms with van der Waals surface area (Å²) in [4.78, 5) is 28.4. The molecule has 0 saturated carbocycles. The van der Waals surface area contributed by atoms with Crippen LogP contribution in [0.1, 0.15) is 28.0 Å². The maximum absolute atomic E-state index is 13.1. The Morgan fingerprint density at radius 1 is 1.09 bits per heavy atom. The molecule has 1 N–H and O–H groups in total. The standard InChI is InChI=1S/C27H23N5OS/c33-27(31-14-10-19(11-15-31)24-16-29-26-23(24)4-3-12-28-26)20-6-8-22(9-7-20)34-18-21-17-32-13-2-1-5-25(32)30-21/h1-10,12-13,16-17H,11,14-15,18H2,(H,28,29). The van der Waals surface area contributed by atoms with Crippen molar-refractivity contribution in [3.05, 3.63) is 102 Å². The molecule has 1 aliphatic rings. The smallest absolute Gasteiger partial charge is 0.254 e. The molecule has 0 atom stereocenters. The van der Waals surface area contributed by atoms with Crippen molar-refractivity contribution in [1.82, 2.24) is 24.3 Å². The van der Waals surface area contributed by atoms with Crippen molar-refractivity contribution in [3.63, 3.8) is 0 Å². The summed E-state index contributed by atoms with van der Waals surface area (Å²) < 4.78 is 2.03. The predicted octanol–water partition coefficient (Wildman–Crippen LogP) is 5.43. The van der Waals surface area contributed by atoms with Crippen LogP contribution in [-0.2, 0) is 5.75 Å². The van der Waals surface area contributed by atoms with Gasteiger partial charge in [0.2, 0.25) is 0 Å². The molecule has 168 valence electrons. The summed E-state index contributed by atoms with van der Waals surface area (Å²) in [7, 11) is 0. The number of nitrogens with zero attached hydrogens (tertiary/aromatic N) is 4. The minimum atomic E-state index is 0.0767. The summed E-state index contributed by atoms with van der Waals surface area (Å²) in [5.41, 5.74) is 6.07. The van der Waals surface area contributed by atoms with Crippen molar-refractivity contribution in [2.45, 2.75) is 17.1 Å². The second-order valence-electron chi connectivity index (χ2n) is 8.34. The zero-order chi connectivity index (χ0) is 22.9. The number of aromatic amines is 1. The molecule has 5 heterocycles. The van der Waals surface area contributed by atoms with Crippen molar-refractivity contribution >= 4 is 39.9 Å². The number of rotatable bonds is 5. The summed E-state index contributed by atoms with van der Waals surface area (Å²) >= 11 is 1.73. The molecule has 6 rings (SSSR count). The van der Waals surface area contributed by atoms with Gasteiger partial charge in [-0.3, -0.25) is 4.79 Å². The third kappa shape index (κ3) is 3.99.